The molecular formula is C8H14F5NOS. The Morgan fingerprint density at radius 3 is 1.69 bits per heavy atom. The number of carbonyl (C=O) groups is 1. The number of anilines is 1. The van der Waals surface area contributed by atoms with Crippen molar-refractivity contribution in [3.05, 3.63) is 24.3 Å². The zero-order valence-corrected chi connectivity index (χ0v) is 9.10. The minimum absolute atomic E-state index is 0. The van der Waals surface area contributed by atoms with Crippen molar-refractivity contribution >= 4 is 24.2 Å². The van der Waals surface area contributed by atoms with Crippen molar-refractivity contribution in [3.63, 3.8) is 0 Å². The molecule has 16 heavy (non-hydrogen) atoms. The summed E-state index contributed by atoms with van der Waals surface area (Å²) in [5, 5.41) is 2.66. The van der Waals surface area contributed by atoms with E-state index in [1.807, 2.05) is 24.3 Å². The Morgan fingerprint density at radius 2 is 1.38 bits per heavy atom. The average molecular weight is 267 g/mol. The van der Waals surface area contributed by atoms with Crippen molar-refractivity contribution in [1.82, 2.24) is 0 Å². The molecule has 0 radical (unpaired) electrons. The van der Waals surface area contributed by atoms with E-state index in [1.165, 1.54) is 6.92 Å². The summed E-state index contributed by atoms with van der Waals surface area (Å²) >= 11 is 4.11. The Balaban J connectivity index is -0.0000000807. The molecule has 0 aromatic heterocycles. The summed E-state index contributed by atoms with van der Waals surface area (Å²) in [5.74, 6) is -0.0584. The van der Waals surface area contributed by atoms with Crippen molar-refractivity contribution in [2.45, 2.75) is 11.8 Å². The van der Waals surface area contributed by atoms with Gasteiger partial charge in [-0.3, -0.25) is 28.3 Å². The molecule has 0 aliphatic carbocycles. The molecule has 1 amide bonds. The third-order valence-corrected chi connectivity index (χ3v) is 1.49. The molecule has 1 N–H and O–H groups in total. The summed E-state index contributed by atoms with van der Waals surface area (Å²) in [6.45, 7) is 1.48. The topological polar surface area (TPSA) is 29.1 Å². The maximum atomic E-state index is 10.6. The molecule has 0 fully saturated rings. The van der Waals surface area contributed by atoms with Gasteiger partial charge in [0.2, 0.25) is 5.91 Å². The highest BCUT2D eigenvalue weighted by atomic mass is 32.1. The fourth-order valence-electron chi connectivity index (χ4n) is 0.748. The minimum atomic E-state index is -0.0584. The zero-order valence-electron chi connectivity index (χ0n) is 8.21. The van der Waals surface area contributed by atoms with E-state index in [1.54, 1.807) is 0 Å². The summed E-state index contributed by atoms with van der Waals surface area (Å²) < 4.78 is 0. The molecular weight excluding hydrogens is 253 g/mol. The number of amides is 1. The van der Waals surface area contributed by atoms with E-state index in [-0.39, 0.29) is 29.4 Å². The molecule has 0 saturated heterocycles. The van der Waals surface area contributed by atoms with Crippen molar-refractivity contribution in [2.24, 2.45) is 0 Å². The van der Waals surface area contributed by atoms with Gasteiger partial charge in [0, 0.05) is 17.5 Å². The molecule has 0 spiro atoms. The van der Waals surface area contributed by atoms with Crippen LogP contribution in [-0.2, 0) is 4.79 Å². The molecule has 1 aromatic rings. The molecule has 0 aliphatic heterocycles. The highest BCUT2D eigenvalue weighted by Gasteiger charge is 1.92. The standard InChI is InChI=1S/C8H9NOS.5FH/c1-6(10)9-7-2-4-8(11)5-3-7;;;;;/h2-5,11H,1H3,(H,9,10);5*1H. The fourth-order valence-corrected chi connectivity index (χ4v) is 0.897. The van der Waals surface area contributed by atoms with Crippen molar-refractivity contribution < 1.29 is 28.3 Å². The Hall–Kier alpha value is -1.31. The summed E-state index contributed by atoms with van der Waals surface area (Å²) in [5.41, 5.74) is 0.801. The summed E-state index contributed by atoms with van der Waals surface area (Å²) in [4.78, 5) is 11.5. The van der Waals surface area contributed by atoms with Crippen LogP contribution in [0.3, 0.4) is 0 Å². The predicted molar refractivity (Wildman–Crippen MR) is 60.5 cm³/mol. The predicted octanol–water partition coefficient (Wildman–Crippen LogP) is 2.70. The largest absolute Gasteiger partial charge is 0.326 e. The maximum Gasteiger partial charge on any atom is 0.221 e. The number of carbonyl (C=O) groups excluding carboxylic acids is 1. The number of rotatable bonds is 1. The molecule has 98 valence electrons. The van der Waals surface area contributed by atoms with E-state index in [2.05, 4.69) is 17.9 Å². The van der Waals surface area contributed by atoms with Crippen LogP contribution in [0, 0.1) is 0 Å². The van der Waals surface area contributed by atoms with Gasteiger partial charge in [-0.2, -0.15) is 0 Å². The van der Waals surface area contributed by atoms with Crippen LogP contribution in [0.2, 0.25) is 0 Å². The Morgan fingerprint density at radius 1 is 1.00 bits per heavy atom. The lowest BCUT2D eigenvalue weighted by molar-refractivity contribution is -0.114. The Labute approximate surface area is 94.7 Å². The number of hydrogen-bond acceptors (Lipinski definition) is 2. The van der Waals surface area contributed by atoms with Gasteiger partial charge in [-0.15, -0.1) is 12.6 Å². The van der Waals surface area contributed by atoms with Crippen LogP contribution >= 0.6 is 12.6 Å². The van der Waals surface area contributed by atoms with Crippen LogP contribution in [0.15, 0.2) is 29.2 Å². The summed E-state index contributed by atoms with van der Waals surface area (Å²) in [7, 11) is 0. The maximum absolute atomic E-state index is 10.6. The number of halogens is 5. The van der Waals surface area contributed by atoms with Crippen molar-refractivity contribution in [3.8, 4) is 0 Å². The molecule has 0 atom stereocenters. The first-order valence-electron chi connectivity index (χ1n) is 3.25. The van der Waals surface area contributed by atoms with Crippen molar-refractivity contribution in [1.29, 1.82) is 0 Å². The van der Waals surface area contributed by atoms with E-state index in [9.17, 15) is 4.79 Å². The lowest BCUT2D eigenvalue weighted by Crippen LogP contribution is -2.04. The first-order chi connectivity index (χ1) is 5.18. The third-order valence-electron chi connectivity index (χ3n) is 1.19. The molecule has 2 nitrogen and oxygen atoms in total. The fraction of sp³-hybridized carbons (Fsp3) is 0.125. The lowest BCUT2D eigenvalue weighted by atomic mass is 10.3. The lowest BCUT2D eigenvalue weighted by Gasteiger charge is -2.00. The molecule has 1 aromatic carbocycles. The van der Waals surface area contributed by atoms with E-state index in [0.29, 0.717) is 0 Å². The van der Waals surface area contributed by atoms with E-state index >= 15 is 0 Å². The molecule has 0 heterocycles. The first-order valence-corrected chi connectivity index (χ1v) is 3.70. The number of benzene rings is 1. The third kappa shape index (κ3) is 10.8. The van der Waals surface area contributed by atoms with Gasteiger partial charge in [0.1, 0.15) is 0 Å². The van der Waals surface area contributed by atoms with Crippen LogP contribution in [-0.4, -0.2) is 5.91 Å². The molecule has 0 aliphatic rings. The quantitative estimate of drug-likeness (QED) is 0.594. The van der Waals surface area contributed by atoms with Gasteiger partial charge in [0.15, 0.2) is 0 Å². The molecule has 1 rings (SSSR count). The Kier molecular flexibility index (Phi) is 25.1. The highest BCUT2D eigenvalue weighted by Crippen LogP contribution is 2.11. The van der Waals surface area contributed by atoms with Gasteiger partial charge in [-0.05, 0) is 24.3 Å². The first kappa shape index (κ1) is 29.3. The van der Waals surface area contributed by atoms with Crippen LogP contribution in [0.1, 0.15) is 6.92 Å². The van der Waals surface area contributed by atoms with Crippen LogP contribution in [0.25, 0.3) is 0 Å². The monoisotopic (exact) mass is 267 g/mol. The second-order valence-corrected chi connectivity index (χ2v) is 2.74. The summed E-state index contributed by atoms with van der Waals surface area (Å²) in [6.07, 6.45) is 0. The van der Waals surface area contributed by atoms with Crippen LogP contribution in [0.4, 0.5) is 29.2 Å². The van der Waals surface area contributed by atoms with Gasteiger partial charge >= 0.3 is 0 Å². The van der Waals surface area contributed by atoms with Gasteiger partial charge in [-0.25, -0.2) is 0 Å². The smallest absolute Gasteiger partial charge is 0.221 e. The normalized spacial score (nSPS) is 6.38. The highest BCUT2D eigenvalue weighted by molar-refractivity contribution is 7.80. The Bertz CT molecular complexity index is 270. The van der Waals surface area contributed by atoms with E-state index in [0.717, 1.165) is 10.6 Å². The van der Waals surface area contributed by atoms with Crippen molar-refractivity contribution in [2.75, 3.05) is 5.32 Å². The van der Waals surface area contributed by atoms with Gasteiger partial charge in [0.25, 0.3) is 0 Å². The van der Waals surface area contributed by atoms with Gasteiger partial charge in [-0.1, -0.05) is 0 Å². The molecule has 0 bridgehead atoms. The second-order valence-electron chi connectivity index (χ2n) is 2.23. The molecule has 8 heteroatoms. The number of hydrogen-bond donors (Lipinski definition) is 2. The minimum Gasteiger partial charge on any atom is -0.326 e. The average Bonchev–Trinajstić information content (AvgIpc) is 1.93. The molecule has 0 unspecified atom stereocenters. The van der Waals surface area contributed by atoms with Gasteiger partial charge < -0.3 is 5.32 Å². The summed E-state index contributed by atoms with van der Waals surface area (Å²) in [6, 6.07) is 7.27. The van der Waals surface area contributed by atoms with E-state index < -0.39 is 0 Å². The number of thiol groups is 1. The zero-order chi connectivity index (χ0) is 8.27. The van der Waals surface area contributed by atoms with Crippen LogP contribution in [0.5, 0.6) is 0 Å². The van der Waals surface area contributed by atoms with E-state index in [4.69, 9.17) is 0 Å². The number of nitrogens with one attached hydrogen (secondary N) is 1. The van der Waals surface area contributed by atoms with Gasteiger partial charge in [0.05, 0.1) is 0 Å². The second kappa shape index (κ2) is 13.7. The SMILES string of the molecule is CC(=O)Nc1ccc(S)cc1.F.F.F.F.F. The van der Waals surface area contributed by atoms with Crippen LogP contribution < -0.4 is 5.32 Å². The molecule has 0 saturated carbocycles.